The Balaban J connectivity index is 1.39. The maximum atomic E-state index is 15.0. The Labute approximate surface area is 346 Å². The predicted molar refractivity (Wildman–Crippen MR) is 211 cm³/mol. The second kappa shape index (κ2) is 16.1. The van der Waals surface area contributed by atoms with Crippen LogP contribution in [0, 0.1) is 23.6 Å². The molecule has 4 amide bonds. The molecule has 2 aromatic rings. The molecule has 6 rings (SSSR count). The van der Waals surface area contributed by atoms with E-state index in [-0.39, 0.29) is 49.4 Å². The van der Waals surface area contributed by atoms with Crippen LogP contribution in [-0.4, -0.2) is 95.8 Å². The van der Waals surface area contributed by atoms with E-state index in [1.54, 1.807) is 19.1 Å². The molecule has 2 saturated carbocycles. The molecule has 3 heterocycles. The standard InChI is InChI=1S/C41H54F3N5O9S/c1-8-24-17-23(2)11-9-10-12-25-20-41(25,36(52)48-59(54,55)39(5)15-16-39)47-33(50)30-19-27(57-34-29-18-26(42)13-14-28(29)31(56-7)21-45-34)22-49(30)35(51)32(24)46-37(53)58-38(3,4)40(6,43)44/h10,12-14,18,21,23-25,27,30,32H,8-9,11,15-17,19-20,22H2,1-7H3,(H,46,53)(H,47,50)(H,48,52)/b12-10-/t23-,24+,25+,27+,30-,32-,41+/m0/s1/i5D3. The van der Waals surface area contributed by atoms with Gasteiger partial charge in [-0.3, -0.25) is 19.1 Å². The summed E-state index contributed by atoms with van der Waals surface area (Å²) in [6, 6.07) is 1.03. The third kappa shape index (κ3) is 8.97. The van der Waals surface area contributed by atoms with Crippen LogP contribution < -0.4 is 24.8 Å². The molecule has 1 saturated heterocycles. The average Bonchev–Trinajstić information content (AvgIpc) is 4.09. The van der Waals surface area contributed by atoms with Crippen LogP contribution in [0.5, 0.6) is 11.6 Å². The van der Waals surface area contributed by atoms with Gasteiger partial charge in [-0.05, 0) is 89.3 Å². The number of hydrogen-bond donors (Lipinski definition) is 3. The minimum Gasteiger partial charge on any atom is -0.494 e. The van der Waals surface area contributed by atoms with Crippen molar-refractivity contribution in [3.8, 4) is 11.6 Å². The molecular formula is C41H54F3N5O9S. The molecule has 1 aromatic heterocycles. The van der Waals surface area contributed by atoms with E-state index >= 15 is 0 Å². The van der Waals surface area contributed by atoms with E-state index in [2.05, 4.69) is 15.6 Å². The van der Waals surface area contributed by atoms with Crippen molar-refractivity contribution >= 4 is 44.6 Å². The molecular weight excluding hydrogens is 796 g/mol. The number of aromatic nitrogens is 1. The highest BCUT2D eigenvalue weighted by atomic mass is 32.2. The van der Waals surface area contributed by atoms with E-state index in [1.807, 2.05) is 11.6 Å². The monoisotopic (exact) mass is 852 g/mol. The number of alkyl halides is 2. The minimum absolute atomic E-state index is 0.0490. The molecule has 3 fully saturated rings. The van der Waals surface area contributed by atoms with Crippen molar-refractivity contribution in [2.75, 3.05) is 13.7 Å². The van der Waals surface area contributed by atoms with Crippen LogP contribution in [0.2, 0.25) is 0 Å². The maximum absolute atomic E-state index is 15.0. The van der Waals surface area contributed by atoms with Gasteiger partial charge in [-0.25, -0.2) is 31.4 Å². The van der Waals surface area contributed by atoms with Crippen LogP contribution in [0.1, 0.15) is 96.9 Å². The van der Waals surface area contributed by atoms with Crippen molar-refractivity contribution < 1.29 is 59.1 Å². The lowest BCUT2D eigenvalue weighted by atomic mass is 9.85. The fourth-order valence-corrected chi connectivity index (χ4v) is 9.05. The first-order valence-electron chi connectivity index (χ1n) is 21.3. The van der Waals surface area contributed by atoms with Gasteiger partial charge in [-0.2, -0.15) is 0 Å². The van der Waals surface area contributed by atoms with E-state index in [0.29, 0.717) is 43.7 Å². The number of fused-ring (bicyclic) bond motifs is 3. The molecule has 2 aliphatic heterocycles. The number of nitrogens with one attached hydrogen (secondary N) is 3. The van der Waals surface area contributed by atoms with E-state index < -0.39 is 98.3 Å². The van der Waals surface area contributed by atoms with Gasteiger partial charge in [0.05, 0.1) is 30.0 Å². The molecule has 324 valence electrons. The summed E-state index contributed by atoms with van der Waals surface area (Å²) in [5.41, 5.74) is -4.14. The Morgan fingerprint density at radius 3 is 2.53 bits per heavy atom. The van der Waals surface area contributed by atoms with Crippen LogP contribution >= 0.6 is 0 Å². The summed E-state index contributed by atoms with van der Waals surface area (Å²) in [6.07, 6.45) is 3.64. The Morgan fingerprint density at radius 1 is 1.15 bits per heavy atom. The number of ether oxygens (including phenoxy) is 3. The van der Waals surface area contributed by atoms with Gasteiger partial charge >= 0.3 is 6.09 Å². The highest BCUT2D eigenvalue weighted by molar-refractivity contribution is 7.91. The van der Waals surface area contributed by atoms with E-state index in [0.717, 1.165) is 18.7 Å². The van der Waals surface area contributed by atoms with Crippen molar-refractivity contribution in [1.29, 1.82) is 0 Å². The number of alkyl carbamates (subject to hydrolysis) is 1. The SMILES string of the molecule is [2H]C([2H])([2H])C1(S(=O)(=O)NC(=O)[C@@]23C[C@H]2/C=C\CC[C@H](C)C[C@@H](CC)[C@H](NC(=O)OC(C)(C)C(C)(F)F)C(=O)N2C[C@H](Oc4ncc(OC)c5ccc(F)cc45)C[C@H]2C(=O)N3)CC1. The second-order valence-corrected chi connectivity index (χ2v) is 18.9. The van der Waals surface area contributed by atoms with Gasteiger partial charge in [0, 0.05) is 28.8 Å². The third-order valence-corrected chi connectivity index (χ3v) is 14.1. The van der Waals surface area contributed by atoms with E-state index in [4.69, 9.17) is 18.3 Å². The van der Waals surface area contributed by atoms with Gasteiger partial charge in [0.2, 0.25) is 27.7 Å². The molecule has 0 radical (unpaired) electrons. The van der Waals surface area contributed by atoms with Crippen molar-refractivity contribution in [3.05, 3.63) is 42.4 Å². The molecule has 7 atom stereocenters. The van der Waals surface area contributed by atoms with Gasteiger partial charge in [0.15, 0.2) is 5.60 Å². The number of hydrogen-bond acceptors (Lipinski definition) is 10. The normalized spacial score (nSPS) is 30.1. The fourth-order valence-electron chi connectivity index (χ4n) is 7.78. The molecule has 2 aliphatic carbocycles. The summed E-state index contributed by atoms with van der Waals surface area (Å²) < 4.78 is 111. The average molecular weight is 853 g/mol. The largest absolute Gasteiger partial charge is 0.494 e. The first-order valence-corrected chi connectivity index (χ1v) is 21.3. The molecule has 18 heteroatoms. The summed E-state index contributed by atoms with van der Waals surface area (Å²) in [5, 5.41) is 5.90. The molecule has 0 bridgehead atoms. The topological polar surface area (TPSA) is 182 Å². The molecule has 0 spiro atoms. The van der Waals surface area contributed by atoms with Crippen LogP contribution in [0.15, 0.2) is 36.5 Å². The Hall–Kier alpha value is -4.61. The Bertz CT molecular complexity index is 2240. The van der Waals surface area contributed by atoms with Crippen LogP contribution in [0.3, 0.4) is 0 Å². The number of carbonyl (C=O) groups excluding carboxylic acids is 4. The first-order chi connectivity index (χ1) is 28.8. The van der Waals surface area contributed by atoms with Gasteiger partial charge in [-0.15, -0.1) is 0 Å². The zero-order valence-corrected chi connectivity index (χ0v) is 34.7. The zero-order valence-electron chi connectivity index (χ0n) is 36.9. The van der Waals surface area contributed by atoms with Crippen molar-refractivity contribution in [2.45, 2.75) is 133 Å². The van der Waals surface area contributed by atoms with E-state index in [1.165, 1.54) is 31.5 Å². The lowest BCUT2D eigenvalue weighted by Crippen LogP contribution is -2.60. The second-order valence-electron chi connectivity index (χ2n) is 16.9. The number of sulfonamides is 1. The summed E-state index contributed by atoms with van der Waals surface area (Å²) in [5.74, 6) is -8.01. The van der Waals surface area contributed by atoms with E-state index in [9.17, 15) is 40.8 Å². The fraction of sp³-hybridized carbons (Fsp3) is 0.634. The molecule has 3 N–H and O–H groups in total. The Morgan fingerprint density at radius 2 is 1.88 bits per heavy atom. The maximum Gasteiger partial charge on any atom is 0.408 e. The van der Waals surface area contributed by atoms with Gasteiger partial charge in [-0.1, -0.05) is 32.4 Å². The lowest BCUT2D eigenvalue weighted by molar-refractivity contribution is -0.152. The quantitative estimate of drug-likeness (QED) is 0.257. The van der Waals surface area contributed by atoms with Crippen LogP contribution in [0.25, 0.3) is 10.8 Å². The van der Waals surface area contributed by atoms with Crippen LogP contribution in [-0.2, 0) is 29.1 Å². The number of halogens is 3. The number of pyridine rings is 1. The molecule has 14 nitrogen and oxygen atoms in total. The summed E-state index contributed by atoms with van der Waals surface area (Å²) in [4.78, 5) is 62.6. The van der Waals surface area contributed by atoms with Gasteiger partial charge in [0.1, 0.15) is 35.3 Å². The number of rotatable bonds is 10. The highest BCUT2D eigenvalue weighted by Crippen LogP contribution is 2.48. The van der Waals surface area contributed by atoms with Crippen molar-refractivity contribution in [2.24, 2.45) is 17.8 Å². The molecule has 4 aliphatic rings. The summed E-state index contributed by atoms with van der Waals surface area (Å²) in [6.45, 7) is 3.14. The number of carbonyl (C=O) groups is 4. The van der Waals surface area contributed by atoms with Crippen molar-refractivity contribution in [1.82, 2.24) is 25.2 Å². The number of allylic oxidation sites excluding steroid dienone is 1. The van der Waals surface area contributed by atoms with Crippen molar-refractivity contribution in [3.63, 3.8) is 0 Å². The minimum atomic E-state index is -4.77. The third-order valence-electron chi connectivity index (χ3n) is 12.2. The predicted octanol–water partition coefficient (Wildman–Crippen LogP) is 5.54. The Kier molecular flexibility index (Phi) is 10.9. The number of amides is 4. The van der Waals surface area contributed by atoms with Gasteiger partial charge in [0.25, 0.3) is 11.8 Å². The highest BCUT2D eigenvalue weighted by Gasteiger charge is 2.63. The van der Waals surface area contributed by atoms with Crippen LogP contribution in [0.4, 0.5) is 18.0 Å². The smallest absolute Gasteiger partial charge is 0.408 e. The number of benzene rings is 1. The van der Waals surface area contributed by atoms with Gasteiger partial charge < -0.3 is 29.7 Å². The first kappa shape index (κ1) is 39.8. The number of methoxy groups -OCH3 is 1. The number of nitrogens with zero attached hydrogens (tertiary/aromatic N) is 2. The lowest BCUT2D eigenvalue weighted by Gasteiger charge is -2.35. The molecule has 0 unspecified atom stereocenters. The zero-order chi connectivity index (χ0) is 45.8. The molecule has 59 heavy (non-hydrogen) atoms. The summed E-state index contributed by atoms with van der Waals surface area (Å²) >= 11 is 0. The molecule has 1 aromatic carbocycles. The summed E-state index contributed by atoms with van der Waals surface area (Å²) in [7, 11) is -3.36.